The van der Waals surface area contributed by atoms with Gasteiger partial charge in [-0.15, -0.1) is 0 Å². The van der Waals surface area contributed by atoms with Gasteiger partial charge in [0.1, 0.15) is 5.75 Å². The van der Waals surface area contributed by atoms with Crippen molar-refractivity contribution in [2.45, 2.75) is 27.3 Å². The summed E-state index contributed by atoms with van der Waals surface area (Å²) in [5.74, 6) is 0.795. The molecule has 4 nitrogen and oxygen atoms in total. The second kappa shape index (κ2) is 6.39. The predicted octanol–water partition coefficient (Wildman–Crippen LogP) is 2.95. The maximum Gasteiger partial charge on any atom is 0.253 e. The molecule has 21 heavy (non-hydrogen) atoms. The first kappa shape index (κ1) is 15.0. The van der Waals surface area contributed by atoms with Gasteiger partial charge in [-0.2, -0.15) is 0 Å². The second-order valence-corrected chi connectivity index (χ2v) is 5.06. The Morgan fingerprint density at radius 1 is 1.29 bits per heavy atom. The highest BCUT2D eigenvalue weighted by atomic mass is 16.5. The molecular weight excluding hydrogens is 264 g/mol. The van der Waals surface area contributed by atoms with Crippen molar-refractivity contribution >= 4 is 5.91 Å². The Balaban J connectivity index is 2.16. The number of amides is 1. The highest BCUT2D eigenvalue weighted by Gasteiger charge is 2.12. The number of methoxy groups -OCH3 is 1. The van der Waals surface area contributed by atoms with Crippen LogP contribution in [0.1, 0.15) is 32.6 Å². The van der Waals surface area contributed by atoms with E-state index in [0.29, 0.717) is 12.1 Å². The third kappa shape index (κ3) is 3.21. The van der Waals surface area contributed by atoms with E-state index in [1.807, 2.05) is 20.8 Å². The van der Waals surface area contributed by atoms with Gasteiger partial charge in [-0.3, -0.25) is 9.78 Å². The van der Waals surface area contributed by atoms with Crippen molar-refractivity contribution in [3.05, 3.63) is 58.4 Å². The molecule has 0 aliphatic heterocycles. The third-order valence-corrected chi connectivity index (χ3v) is 3.70. The van der Waals surface area contributed by atoms with Gasteiger partial charge in [0.05, 0.1) is 12.7 Å². The standard InChI is InChI=1S/C17H20N2O2/c1-11-8-15(12(2)13(3)16(11)21-4)10-19-17(20)14-6-5-7-18-9-14/h5-9H,10H2,1-4H3,(H,19,20). The summed E-state index contributed by atoms with van der Waals surface area (Å²) in [4.78, 5) is 16.0. The molecular formula is C17H20N2O2. The molecule has 0 aliphatic carbocycles. The number of carbonyl (C=O) groups excluding carboxylic acids is 1. The van der Waals surface area contributed by atoms with Crippen molar-refractivity contribution in [2.24, 2.45) is 0 Å². The van der Waals surface area contributed by atoms with Gasteiger partial charge in [-0.05, 0) is 55.2 Å². The Kier molecular flexibility index (Phi) is 4.58. The van der Waals surface area contributed by atoms with Crippen LogP contribution in [0.5, 0.6) is 5.75 Å². The normalized spacial score (nSPS) is 10.3. The van der Waals surface area contributed by atoms with Gasteiger partial charge in [-0.25, -0.2) is 0 Å². The van der Waals surface area contributed by atoms with Crippen LogP contribution >= 0.6 is 0 Å². The largest absolute Gasteiger partial charge is 0.496 e. The van der Waals surface area contributed by atoms with E-state index in [-0.39, 0.29) is 5.91 Å². The fourth-order valence-corrected chi connectivity index (χ4v) is 2.41. The number of ether oxygens (including phenoxy) is 1. The van der Waals surface area contributed by atoms with E-state index < -0.39 is 0 Å². The lowest BCUT2D eigenvalue weighted by Gasteiger charge is -2.16. The summed E-state index contributed by atoms with van der Waals surface area (Å²) in [6.45, 7) is 6.58. The Labute approximate surface area is 125 Å². The molecule has 1 aromatic heterocycles. The first-order valence-electron chi connectivity index (χ1n) is 6.86. The van der Waals surface area contributed by atoms with Crippen LogP contribution in [-0.4, -0.2) is 18.0 Å². The van der Waals surface area contributed by atoms with Crippen molar-refractivity contribution in [1.29, 1.82) is 0 Å². The lowest BCUT2D eigenvalue weighted by molar-refractivity contribution is 0.0950. The molecule has 2 rings (SSSR count). The van der Waals surface area contributed by atoms with Gasteiger partial charge < -0.3 is 10.1 Å². The zero-order valence-corrected chi connectivity index (χ0v) is 12.9. The predicted molar refractivity (Wildman–Crippen MR) is 82.6 cm³/mol. The minimum absolute atomic E-state index is 0.117. The molecule has 4 heteroatoms. The lowest BCUT2D eigenvalue weighted by atomic mass is 9.98. The number of benzene rings is 1. The van der Waals surface area contributed by atoms with Crippen LogP contribution in [-0.2, 0) is 6.54 Å². The van der Waals surface area contributed by atoms with Gasteiger partial charge in [0.25, 0.3) is 5.91 Å². The van der Waals surface area contributed by atoms with E-state index in [9.17, 15) is 4.79 Å². The molecule has 1 heterocycles. The molecule has 1 aromatic carbocycles. The van der Waals surface area contributed by atoms with Crippen molar-refractivity contribution in [3.63, 3.8) is 0 Å². The van der Waals surface area contributed by atoms with Crippen molar-refractivity contribution in [1.82, 2.24) is 10.3 Å². The zero-order valence-electron chi connectivity index (χ0n) is 12.9. The van der Waals surface area contributed by atoms with Crippen molar-refractivity contribution < 1.29 is 9.53 Å². The van der Waals surface area contributed by atoms with Crippen LogP contribution in [0.25, 0.3) is 0 Å². The van der Waals surface area contributed by atoms with Gasteiger partial charge in [0.15, 0.2) is 0 Å². The highest BCUT2D eigenvalue weighted by molar-refractivity contribution is 5.93. The molecule has 0 unspecified atom stereocenters. The average Bonchev–Trinajstić information content (AvgIpc) is 2.50. The van der Waals surface area contributed by atoms with Crippen molar-refractivity contribution in [2.75, 3.05) is 7.11 Å². The minimum Gasteiger partial charge on any atom is -0.496 e. The highest BCUT2D eigenvalue weighted by Crippen LogP contribution is 2.28. The number of hydrogen-bond acceptors (Lipinski definition) is 3. The number of aromatic nitrogens is 1. The quantitative estimate of drug-likeness (QED) is 0.939. The Morgan fingerprint density at radius 3 is 2.67 bits per heavy atom. The molecule has 0 fully saturated rings. The summed E-state index contributed by atoms with van der Waals surface area (Å²) < 4.78 is 5.41. The molecule has 0 atom stereocenters. The molecule has 0 saturated heterocycles. The molecule has 2 aromatic rings. The fourth-order valence-electron chi connectivity index (χ4n) is 2.41. The number of nitrogens with zero attached hydrogens (tertiary/aromatic N) is 1. The molecule has 0 aliphatic rings. The molecule has 110 valence electrons. The second-order valence-electron chi connectivity index (χ2n) is 5.06. The van der Waals surface area contributed by atoms with Gasteiger partial charge in [0, 0.05) is 18.9 Å². The van der Waals surface area contributed by atoms with Gasteiger partial charge >= 0.3 is 0 Å². The first-order valence-corrected chi connectivity index (χ1v) is 6.86. The molecule has 0 bridgehead atoms. The van der Waals surface area contributed by atoms with Gasteiger partial charge in [-0.1, -0.05) is 6.07 Å². The number of hydrogen-bond donors (Lipinski definition) is 1. The van der Waals surface area contributed by atoms with Crippen LogP contribution in [0.3, 0.4) is 0 Å². The van der Waals surface area contributed by atoms with E-state index in [1.165, 1.54) is 0 Å². The third-order valence-electron chi connectivity index (χ3n) is 3.70. The van der Waals surface area contributed by atoms with Crippen LogP contribution in [0.4, 0.5) is 0 Å². The van der Waals surface area contributed by atoms with Crippen LogP contribution < -0.4 is 10.1 Å². The van der Waals surface area contributed by atoms with Crippen LogP contribution in [0.15, 0.2) is 30.6 Å². The zero-order chi connectivity index (χ0) is 15.4. The topological polar surface area (TPSA) is 51.2 Å². The Hall–Kier alpha value is -2.36. The summed E-state index contributed by atoms with van der Waals surface area (Å²) in [5, 5.41) is 2.93. The molecule has 1 N–H and O–H groups in total. The number of carbonyl (C=O) groups is 1. The number of rotatable bonds is 4. The van der Waals surface area contributed by atoms with E-state index in [0.717, 1.165) is 28.0 Å². The number of nitrogens with one attached hydrogen (secondary N) is 1. The Morgan fingerprint density at radius 2 is 2.05 bits per heavy atom. The molecule has 0 spiro atoms. The van der Waals surface area contributed by atoms with Crippen molar-refractivity contribution in [3.8, 4) is 5.75 Å². The van der Waals surface area contributed by atoms with Gasteiger partial charge in [0.2, 0.25) is 0 Å². The monoisotopic (exact) mass is 284 g/mol. The molecule has 0 saturated carbocycles. The van der Waals surface area contributed by atoms with E-state index in [1.54, 1.807) is 31.6 Å². The maximum absolute atomic E-state index is 12.0. The average molecular weight is 284 g/mol. The van der Waals surface area contributed by atoms with Crippen LogP contribution in [0, 0.1) is 20.8 Å². The first-order chi connectivity index (χ1) is 10.0. The number of aryl methyl sites for hydroxylation is 1. The lowest BCUT2D eigenvalue weighted by Crippen LogP contribution is -2.23. The summed E-state index contributed by atoms with van der Waals surface area (Å²) in [7, 11) is 1.68. The smallest absolute Gasteiger partial charge is 0.253 e. The fraction of sp³-hybridized carbons (Fsp3) is 0.294. The molecule has 1 amide bonds. The summed E-state index contributed by atoms with van der Waals surface area (Å²) in [6.07, 6.45) is 3.21. The van der Waals surface area contributed by atoms with E-state index >= 15 is 0 Å². The SMILES string of the molecule is COc1c(C)cc(CNC(=O)c2cccnc2)c(C)c1C. The molecule has 0 radical (unpaired) electrons. The summed E-state index contributed by atoms with van der Waals surface area (Å²) in [5.41, 5.74) is 5.00. The summed E-state index contributed by atoms with van der Waals surface area (Å²) in [6, 6.07) is 5.56. The Bertz CT molecular complexity index is 652. The summed E-state index contributed by atoms with van der Waals surface area (Å²) >= 11 is 0. The van der Waals surface area contributed by atoms with Crippen LogP contribution in [0.2, 0.25) is 0 Å². The van der Waals surface area contributed by atoms with E-state index in [4.69, 9.17) is 4.74 Å². The maximum atomic E-state index is 12.0. The van der Waals surface area contributed by atoms with E-state index in [2.05, 4.69) is 16.4 Å². The minimum atomic E-state index is -0.117. The number of pyridine rings is 1.